The van der Waals surface area contributed by atoms with Crippen LogP contribution in [0.5, 0.6) is 0 Å². The first-order valence-corrected chi connectivity index (χ1v) is 7.45. The monoisotopic (exact) mass is 293 g/mol. The summed E-state index contributed by atoms with van der Waals surface area (Å²) >= 11 is 1.67. The Labute approximate surface area is 122 Å². The largest absolute Gasteiger partial charge is 0.468 e. The molecule has 0 radical (unpaired) electrons. The van der Waals surface area contributed by atoms with Crippen molar-refractivity contribution in [3.05, 3.63) is 17.3 Å². The van der Waals surface area contributed by atoms with E-state index in [0.29, 0.717) is 0 Å². The van der Waals surface area contributed by atoms with E-state index in [-0.39, 0.29) is 18.6 Å². The third kappa shape index (κ3) is 2.90. The number of aryl methyl sites for hydroxylation is 1. The average Bonchev–Trinajstić information content (AvgIpc) is 2.87. The predicted octanol–water partition coefficient (Wildman–Crippen LogP) is 2.64. The van der Waals surface area contributed by atoms with Crippen LogP contribution in [-0.4, -0.2) is 35.6 Å². The number of ether oxygens (including phenoxy) is 1. The van der Waals surface area contributed by atoms with Gasteiger partial charge in [0.25, 0.3) is 0 Å². The maximum absolute atomic E-state index is 11.6. The zero-order chi connectivity index (χ0) is 14.7. The molecule has 5 nitrogen and oxygen atoms in total. The molecule has 0 spiro atoms. The number of nitrogens with zero attached hydrogens (tertiary/aromatic N) is 3. The number of esters is 1. The first-order chi connectivity index (χ1) is 9.56. The van der Waals surface area contributed by atoms with Crippen LogP contribution < -0.4 is 4.90 Å². The highest BCUT2D eigenvalue weighted by molar-refractivity contribution is 7.18. The lowest BCUT2D eigenvalue weighted by Crippen LogP contribution is -2.37. The summed E-state index contributed by atoms with van der Waals surface area (Å²) in [5.74, 6) is 0.530. The first-order valence-electron chi connectivity index (χ1n) is 6.63. The third-order valence-electron chi connectivity index (χ3n) is 3.13. The summed E-state index contributed by atoms with van der Waals surface area (Å²) in [4.78, 5) is 24.5. The smallest absolute Gasteiger partial charge is 0.325 e. The first kappa shape index (κ1) is 14.7. The van der Waals surface area contributed by atoms with Gasteiger partial charge in [-0.05, 0) is 26.3 Å². The Hall–Kier alpha value is -1.69. The van der Waals surface area contributed by atoms with Crippen molar-refractivity contribution in [2.75, 3.05) is 18.6 Å². The molecule has 0 aliphatic carbocycles. The van der Waals surface area contributed by atoms with Gasteiger partial charge in [-0.2, -0.15) is 0 Å². The molecule has 0 saturated carbocycles. The van der Waals surface area contributed by atoms with Crippen molar-refractivity contribution in [1.29, 1.82) is 0 Å². The summed E-state index contributed by atoms with van der Waals surface area (Å²) in [5.41, 5.74) is 0. The van der Waals surface area contributed by atoms with Gasteiger partial charge in [-0.1, -0.05) is 6.92 Å². The van der Waals surface area contributed by atoms with Gasteiger partial charge in [0, 0.05) is 10.9 Å². The summed E-state index contributed by atoms with van der Waals surface area (Å²) in [6.07, 6.45) is 2.53. The Kier molecular flexibility index (Phi) is 4.54. The number of anilines is 1. The molecule has 0 N–H and O–H groups in total. The van der Waals surface area contributed by atoms with Gasteiger partial charge in [0.15, 0.2) is 0 Å². The lowest BCUT2D eigenvalue weighted by Gasteiger charge is -2.26. The fourth-order valence-electron chi connectivity index (χ4n) is 2.00. The topological polar surface area (TPSA) is 55.3 Å². The molecule has 6 heteroatoms. The lowest BCUT2D eigenvalue weighted by atomic mass is 10.2. The molecule has 0 fully saturated rings. The summed E-state index contributed by atoms with van der Waals surface area (Å²) in [5, 5.41) is 1.01. The van der Waals surface area contributed by atoms with Gasteiger partial charge in [-0.15, -0.1) is 11.3 Å². The van der Waals surface area contributed by atoms with Crippen LogP contribution in [0.1, 0.15) is 25.6 Å². The molecule has 20 heavy (non-hydrogen) atoms. The summed E-state index contributed by atoms with van der Waals surface area (Å²) < 4.78 is 4.77. The van der Waals surface area contributed by atoms with Crippen LogP contribution in [0.15, 0.2) is 12.4 Å². The zero-order valence-electron chi connectivity index (χ0n) is 12.2. The van der Waals surface area contributed by atoms with Gasteiger partial charge >= 0.3 is 5.97 Å². The second kappa shape index (κ2) is 6.17. The standard InChI is InChI=1S/C14H19N3O2S/c1-5-10-6-11-13(15-8-16-14(11)20-10)17(9(2)3)7-12(18)19-4/h6,8-9H,5,7H2,1-4H3. The molecule has 0 unspecified atom stereocenters. The molecule has 0 aromatic carbocycles. The van der Waals surface area contributed by atoms with Crippen molar-refractivity contribution in [2.24, 2.45) is 0 Å². The highest BCUT2D eigenvalue weighted by Gasteiger charge is 2.20. The Morgan fingerprint density at radius 2 is 2.20 bits per heavy atom. The molecule has 2 rings (SSSR count). The minimum atomic E-state index is -0.267. The molecule has 2 aromatic rings. The molecule has 0 bridgehead atoms. The van der Waals surface area contributed by atoms with E-state index in [0.717, 1.165) is 22.5 Å². The third-order valence-corrected chi connectivity index (χ3v) is 4.32. The van der Waals surface area contributed by atoms with Crippen molar-refractivity contribution in [2.45, 2.75) is 33.2 Å². The summed E-state index contributed by atoms with van der Waals surface area (Å²) in [6, 6.07) is 2.26. The van der Waals surface area contributed by atoms with Gasteiger partial charge < -0.3 is 9.64 Å². The highest BCUT2D eigenvalue weighted by atomic mass is 32.1. The van der Waals surface area contributed by atoms with E-state index in [4.69, 9.17) is 4.74 Å². The molecule has 0 aliphatic heterocycles. The minimum absolute atomic E-state index is 0.150. The molecule has 0 saturated heterocycles. The van der Waals surface area contributed by atoms with E-state index in [1.54, 1.807) is 17.7 Å². The van der Waals surface area contributed by atoms with E-state index in [9.17, 15) is 4.79 Å². The van der Waals surface area contributed by atoms with Crippen molar-refractivity contribution in [1.82, 2.24) is 9.97 Å². The zero-order valence-corrected chi connectivity index (χ0v) is 13.0. The Balaban J connectivity index is 2.47. The quantitative estimate of drug-likeness (QED) is 0.793. The fraction of sp³-hybridized carbons (Fsp3) is 0.500. The summed E-state index contributed by atoms with van der Waals surface area (Å²) in [6.45, 7) is 6.37. The van der Waals surface area contributed by atoms with Crippen molar-refractivity contribution < 1.29 is 9.53 Å². The number of methoxy groups -OCH3 is 1. The van der Waals surface area contributed by atoms with Crippen molar-refractivity contribution >= 4 is 33.3 Å². The van der Waals surface area contributed by atoms with Crippen molar-refractivity contribution in [3.63, 3.8) is 0 Å². The molecule has 2 heterocycles. The van der Waals surface area contributed by atoms with E-state index < -0.39 is 0 Å². The molecule has 0 aliphatic rings. The number of hydrogen-bond acceptors (Lipinski definition) is 6. The van der Waals surface area contributed by atoms with Crippen LogP contribution in [0.2, 0.25) is 0 Å². The number of carbonyl (C=O) groups excluding carboxylic acids is 1. The van der Waals surface area contributed by atoms with E-state index in [1.165, 1.54) is 12.0 Å². The number of thiophene rings is 1. The van der Waals surface area contributed by atoms with Crippen molar-refractivity contribution in [3.8, 4) is 0 Å². The number of hydrogen-bond donors (Lipinski definition) is 0. The highest BCUT2D eigenvalue weighted by Crippen LogP contribution is 2.31. The predicted molar refractivity (Wildman–Crippen MR) is 81.3 cm³/mol. The fourth-order valence-corrected chi connectivity index (χ4v) is 2.93. The molecule has 0 amide bonds. The number of carbonyl (C=O) groups is 1. The second-order valence-electron chi connectivity index (χ2n) is 4.78. The Morgan fingerprint density at radius 3 is 2.80 bits per heavy atom. The van der Waals surface area contributed by atoms with Crippen LogP contribution in [-0.2, 0) is 16.0 Å². The van der Waals surface area contributed by atoms with Gasteiger partial charge in [-0.3, -0.25) is 4.79 Å². The van der Waals surface area contributed by atoms with Crippen LogP contribution >= 0.6 is 11.3 Å². The van der Waals surface area contributed by atoms with Crippen LogP contribution in [0.25, 0.3) is 10.2 Å². The van der Waals surface area contributed by atoms with E-state index in [1.807, 2.05) is 18.7 Å². The molecule has 108 valence electrons. The van der Waals surface area contributed by atoms with Gasteiger partial charge in [0.2, 0.25) is 0 Å². The molecule has 2 aromatic heterocycles. The molecular weight excluding hydrogens is 274 g/mol. The Morgan fingerprint density at radius 1 is 1.45 bits per heavy atom. The number of aromatic nitrogens is 2. The normalized spacial score (nSPS) is 11.1. The number of fused-ring (bicyclic) bond motifs is 1. The van der Waals surface area contributed by atoms with E-state index >= 15 is 0 Å². The maximum atomic E-state index is 11.6. The molecular formula is C14H19N3O2S. The molecule has 0 atom stereocenters. The average molecular weight is 293 g/mol. The number of rotatable bonds is 5. The van der Waals surface area contributed by atoms with Crippen LogP contribution in [0, 0.1) is 0 Å². The second-order valence-corrected chi connectivity index (χ2v) is 5.90. The van der Waals surface area contributed by atoms with Crippen LogP contribution in [0.4, 0.5) is 5.82 Å². The lowest BCUT2D eigenvalue weighted by molar-refractivity contribution is -0.139. The summed E-state index contributed by atoms with van der Waals surface area (Å²) in [7, 11) is 1.40. The SMILES string of the molecule is CCc1cc2c(N(CC(=O)OC)C(C)C)ncnc2s1. The van der Waals surface area contributed by atoms with Gasteiger partial charge in [-0.25, -0.2) is 9.97 Å². The minimum Gasteiger partial charge on any atom is -0.468 e. The van der Waals surface area contributed by atoms with Gasteiger partial charge in [0.1, 0.15) is 23.5 Å². The maximum Gasteiger partial charge on any atom is 0.325 e. The Bertz CT molecular complexity index is 609. The van der Waals surface area contributed by atoms with E-state index in [2.05, 4.69) is 23.0 Å². The van der Waals surface area contributed by atoms with Gasteiger partial charge in [0.05, 0.1) is 12.5 Å². The van der Waals surface area contributed by atoms with Crippen LogP contribution in [0.3, 0.4) is 0 Å².